The summed E-state index contributed by atoms with van der Waals surface area (Å²) < 4.78 is 10.8. The Kier molecular flexibility index (Phi) is 2.12. The van der Waals surface area contributed by atoms with Crippen LogP contribution < -0.4 is 0 Å². The minimum Gasteiger partial charge on any atom is -0.375 e. The van der Waals surface area contributed by atoms with Gasteiger partial charge in [0.2, 0.25) is 0 Å². The summed E-state index contributed by atoms with van der Waals surface area (Å²) in [5, 5.41) is 0. The number of rotatable bonds is 1. The van der Waals surface area contributed by atoms with Gasteiger partial charge in [0.05, 0.1) is 11.7 Å². The Hall–Kier alpha value is 0.270. The Labute approximate surface area is 72.9 Å². The molecular formula is C8H14O2S. The van der Waals surface area contributed by atoms with Gasteiger partial charge in [0, 0.05) is 13.0 Å². The van der Waals surface area contributed by atoms with Crippen molar-refractivity contribution in [3.8, 4) is 0 Å². The predicted molar refractivity (Wildman–Crippen MR) is 45.6 cm³/mol. The second kappa shape index (κ2) is 2.96. The molecular weight excluding hydrogens is 160 g/mol. The molecule has 0 aromatic heterocycles. The van der Waals surface area contributed by atoms with Crippen molar-refractivity contribution in [2.45, 2.75) is 43.8 Å². The summed E-state index contributed by atoms with van der Waals surface area (Å²) >= 11 is 3.85. The minimum atomic E-state index is 0.200. The van der Waals surface area contributed by atoms with Crippen LogP contribution >= 0.6 is 12.9 Å². The molecule has 1 saturated heterocycles. The van der Waals surface area contributed by atoms with Crippen molar-refractivity contribution in [2.24, 2.45) is 0 Å². The maximum atomic E-state index is 5.72. The fourth-order valence-corrected chi connectivity index (χ4v) is 2.17. The van der Waals surface area contributed by atoms with E-state index in [1.54, 1.807) is 0 Å². The van der Waals surface area contributed by atoms with Gasteiger partial charge >= 0.3 is 0 Å². The molecule has 0 aromatic carbocycles. The van der Waals surface area contributed by atoms with Crippen LogP contribution in [0.1, 0.15) is 32.1 Å². The van der Waals surface area contributed by atoms with Crippen LogP contribution in [0.25, 0.3) is 0 Å². The van der Waals surface area contributed by atoms with Crippen LogP contribution in [-0.4, -0.2) is 18.3 Å². The molecule has 1 atom stereocenters. The van der Waals surface area contributed by atoms with E-state index in [9.17, 15) is 0 Å². The molecule has 11 heavy (non-hydrogen) atoms. The van der Waals surface area contributed by atoms with Gasteiger partial charge in [0.1, 0.15) is 0 Å². The summed E-state index contributed by atoms with van der Waals surface area (Å²) in [6.45, 7) is 0.852. The molecule has 3 heteroatoms. The summed E-state index contributed by atoms with van der Waals surface area (Å²) in [7, 11) is 0. The molecule has 2 rings (SSSR count). The highest BCUT2D eigenvalue weighted by Crippen LogP contribution is 2.43. The standard InChI is InChI=1S/C8H14O2S/c11-10-7-2-5-9-8(6-7)3-1-4-8/h7,11H,1-6H2. The van der Waals surface area contributed by atoms with Crippen molar-refractivity contribution in [3.63, 3.8) is 0 Å². The van der Waals surface area contributed by atoms with Crippen LogP contribution in [0.4, 0.5) is 0 Å². The summed E-state index contributed by atoms with van der Waals surface area (Å²) in [6, 6.07) is 0. The Balaban J connectivity index is 1.92. The van der Waals surface area contributed by atoms with Gasteiger partial charge in [-0.3, -0.25) is 0 Å². The van der Waals surface area contributed by atoms with E-state index in [1.165, 1.54) is 19.3 Å². The average molecular weight is 174 g/mol. The fraction of sp³-hybridized carbons (Fsp3) is 1.00. The van der Waals surface area contributed by atoms with Crippen LogP contribution in [0.5, 0.6) is 0 Å². The van der Waals surface area contributed by atoms with Gasteiger partial charge in [-0.2, -0.15) is 0 Å². The van der Waals surface area contributed by atoms with E-state index in [4.69, 9.17) is 8.92 Å². The monoisotopic (exact) mass is 174 g/mol. The number of hydrogen-bond donors (Lipinski definition) is 1. The van der Waals surface area contributed by atoms with E-state index in [1.807, 2.05) is 0 Å². The number of ether oxygens (including phenoxy) is 1. The van der Waals surface area contributed by atoms with Crippen LogP contribution in [0, 0.1) is 0 Å². The van der Waals surface area contributed by atoms with Crippen molar-refractivity contribution in [1.29, 1.82) is 0 Å². The summed E-state index contributed by atoms with van der Waals surface area (Å²) in [5.41, 5.74) is 0.200. The Morgan fingerprint density at radius 3 is 2.82 bits per heavy atom. The zero-order valence-electron chi connectivity index (χ0n) is 6.58. The van der Waals surface area contributed by atoms with Gasteiger partial charge in [-0.25, -0.2) is 0 Å². The van der Waals surface area contributed by atoms with Crippen molar-refractivity contribution in [3.05, 3.63) is 0 Å². The van der Waals surface area contributed by atoms with Crippen LogP contribution in [-0.2, 0) is 8.92 Å². The maximum Gasteiger partial charge on any atom is 0.0768 e. The molecule has 64 valence electrons. The first-order valence-corrected chi connectivity index (χ1v) is 4.65. The quantitative estimate of drug-likeness (QED) is 0.484. The first kappa shape index (κ1) is 7.90. The lowest BCUT2D eigenvalue weighted by molar-refractivity contribution is -0.151. The molecule has 1 heterocycles. The molecule has 2 aliphatic rings. The lowest BCUT2D eigenvalue weighted by atomic mass is 9.74. The smallest absolute Gasteiger partial charge is 0.0768 e. The lowest BCUT2D eigenvalue weighted by Gasteiger charge is -2.46. The average Bonchev–Trinajstić information content (AvgIpc) is 2.02. The van der Waals surface area contributed by atoms with Gasteiger partial charge < -0.3 is 8.92 Å². The molecule has 2 fully saturated rings. The Bertz CT molecular complexity index is 145. The molecule has 0 aromatic rings. The van der Waals surface area contributed by atoms with E-state index < -0.39 is 0 Å². The normalized spacial score (nSPS) is 35.2. The van der Waals surface area contributed by atoms with Gasteiger partial charge in [-0.1, -0.05) is 0 Å². The second-order valence-electron chi connectivity index (χ2n) is 3.61. The number of thiol groups is 1. The van der Waals surface area contributed by atoms with Crippen LogP contribution in [0.15, 0.2) is 0 Å². The molecule has 0 radical (unpaired) electrons. The van der Waals surface area contributed by atoms with Crippen molar-refractivity contribution < 1.29 is 8.92 Å². The SMILES string of the molecule is SOC1CCOC2(CCC2)C1. The first-order chi connectivity index (χ1) is 5.35. The van der Waals surface area contributed by atoms with E-state index in [0.717, 1.165) is 19.4 Å². The third kappa shape index (κ3) is 1.42. The van der Waals surface area contributed by atoms with E-state index >= 15 is 0 Å². The van der Waals surface area contributed by atoms with E-state index in [-0.39, 0.29) is 5.60 Å². The second-order valence-corrected chi connectivity index (χ2v) is 3.82. The van der Waals surface area contributed by atoms with Crippen molar-refractivity contribution in [1.82, 2.24) is 0 Å². The van der Waals surface area contributed by atoms with E-state index in [0.29, 0.717) is 6.10 Å². The predicted octanol–water partition coefficient (Wildman–Crippen LogP) is 1.95. The van der Waals surface area contributed by atoms with Gasteiger partial charge in [0.15, 0.2) is 0 Å². The van der Waals surface area contributed by atoms with Gasteiger partial charge in [-0.05, 0) is 38.6 Å². The largest absolute Gasteiger partial charge is 0.375 e. The van der Waals surface area contributed by atoms with Gasteiger partial charge in [-0.15, -0.1) is 0 Å². The number of hydrogen-bond acceptors (Lipinski definition) is 3. The molecule has 1 aliphatic carbocycles. The Morgan fingerprint density at radius 1 is 1.45 bits per heavy atom. The molecule has 1 unspecified atom stereocenters. The molecule has 1 aliphatic heterocycles. The molecule has 1 saturated carbocycles. The summed E-state index contributed by atoms with van der Waals surface area (Å²) in [6.07, 6.45) is 6.15. The highest BCUT2D eigenvalue weighted by Gasteiger charge is 2.42. The molecule has 0 amide bonds. The zero-order valence-corrected chi connectivity index (χ0v) is 7.48. The fourth-order valence-electron chi connectivity index (χ4n) is 1.99. The minimum absolute atomic E-state index is 0.200. The summed E-state index contributed by atoms with van der Waals surface area (Å²) in [5.74, 6) is 0. The highest BCUT2D eigenvalue weighted by atomic mass is 32.1. The third-order valence-electron chi connectivity index (χ3n) is 2.86. The Morgan fingerprint density at radius 2 is 2.27 bits per heavy atom. The van der Waals surface area contributed by atoms with Crippen LogP contribution in [0.3, 0.4) is 0 Å². The van der Waals surface area contributed by atoms with Crippen LogP contribution in [0.2, 0.25) is 0 Å². The maximum absolute atomic E-state index is 5.72. The van der Waals surface area contributed by atoms with E-state index in [2.05, 4.69) is 12.9 Å². The molecule has 0 bridgehead atoms. The highest BCUT2D eigenvalue weighted by molar-refractivity contribution is 7.75. The summed E-state index contributed by atoms with van der Waals surface area (Å²) in [4.78, 5) is 0. The molecule has 0 N–H and O–H groups in total. The molecule has 2 nitrogen and oxygen atoms in total. The van der Waals surface area contributed by atoms with Crippen molar-refractivity contribution in [2.75, 3.05) is 6.61 Å². The van der Waals surface area contributed by atoms with Gasteiger partial charge in [0.25, 0.3) is 0 Å². The first-order valence-electron chi connectivity index (χ1n) is 4.29. The van der Waals surface area contributed by atoms with Crippen molar-refractivity contribution >= 4 is 12.9 Å². The topological polar surface area (TPSA) is 18.5 Å². The third-order valence-corrected chi connectivity index (χ3v) is 3.16. The lowest BCUT2D eigenvalue weighted by Crippen LogP contribution is -2.47. The molecule has 1 spiro atoms. The zero-order chi connectivity index (χ0) is 7.73.